The SMILES string of the molecule is Cc1ccc(NC(=O)N(CCNC(=O)c2cccc(C(F)(F)F)c2)c2ccc(Oc3ccccc3)cc2)cc1. The van der Waals surface area contributed by atoms with Gasteiger partial charge in [-0.15, -0.1) is 0 Å². The Bertz CT molecular complexity index is 1410. The van der Waals surface area contributed by atoms with Crippen molar-refractivity contribution >= 4 is 23.3 Å². The van der Waals surface area contributed by atoms with E-state index in [-0.39, 0.29) is 18.7 Å². The van der Waals surface area contributed by atoms with Crippen molar-refractivity contribution in [1.29, 1.82) is 0 Å². The van der Waals surface area contributed by atoms with Crippen LogP contribution in [0.1, 0.15) is 21.5 Å². The van der Waals surface area contributed by atoms with Crippen LogP contribution in [0.25, 0.3) is 0 Å². The highest BCUT2D eigenvalue weighted by Crippen LogP contribution is 2.29. The van der Waals surface area contributed by atoms with E-state index in [0.29, 0.717) is 22.9 Å². The number of nitrogens with zero attached hydrogens (tertiary/aromatic N) is 1. The second kappa shape index (κ2) is 12.2. The molecule has 4 rings (SSSR count). The molecule has 0 spiro atoms. The van der Waals surface area contributed by atoms with Crippen molar-refractivity contribution in [1.82, 2.24) is 5.32 Å². The van der Waals surface area contributed by atoms with Crippen molar-refractivity contribution < 1.29 is 27.5 Å². The summed E-state index contributed by atoms with van der Waals surface area (Å²) in [7, 11) is 0. The van der Waals surface area contributed by atoms with E-state index in [1.165, 1.54) is 17.0 Å². The summed E-state index contributed by atoms with van der Waals surface area (Å²) >= 11 is 0. The summed E-state index contributed by atoms with van der Waals surface area (Å²) in [6.07, 6.45) is -4.56. The molecule has 4 aromatic carbocycles. The molecule has 0 heterocycles. The number of nitrogens with one attached hydrogen (secondary N) is 2. The Balaban J connectivity index is 1.47. The summed E-state index contributed by atoms with van der Waals surface area (Å²) in [5.41, 5.74) is 1.13. The summed E-state index contributed by atoms with van der Waals surface area (Å²) in [6.45, 7) is 1.99. The standard InChI is InChI=1S/C30H26F3N3O3/c1-21-10-12-24(13-11-21)35-29(38)36(25-14-16-27(17-15-25)39-26-8-3-2-4-9-26)19-18-34-28(37)22-6-5-7-23(20-22)30(31,32)33/h2-17,20H,18-19H2,1H3,(H,34,37)(H,35,38). The van der Waals surface area contributed by atoms with Crippen LogP contribution in [0.3, 0.4) is 0 Å². The van der Waals surface area contributed by atoms with Crippen LogP contribution in [0, 0.1) is 6.92 Å². The van der Waals surface area contributed by atoms with E-state index < -0.39 is 23.7 Å². The van der Waals surface area contributed by atoms with Gasteiger partial charge < -0.3 is 15.4 Å². The van der Waals surface area contributed by atoms with Crippen LogP contribution in [0.15, 0.2) is 103 Å². The molecule has 0 aliphatic carbocycles. The van der Waals surface area contributed by atoms with Gasteiger partial charge in [-0.1, -0.05) is 42.0 Å². The van der Waals surface area contributed by atoms with E-state index in [1.807, 2.05) is 49.4 Å². The first-order valence-electron chi connectivity index (χ1n) is 12.1. The number of para-hydroxylation sites is 1. The number of aryl methyl sites for hydroxylation is 1. The number of halogens is 3. The first kappa shape index (κ1) is 27.3. The molecular weight excluding hydrogens is 507 g/mol. The van der Waals surface area contributed by atoms with Crippen LogP contribution in [0.5, 0.6) is 11.5 Å². The van der Waals surface area contributed by atoms with Gasteiger partial charge in [0, 0.05) is 30.0 Å². The first-order valence-corrected chi connectivity index (χ1v) is 12.1. The highest BCUT2D eigenvalue weighted by molar-refractivity contribution is 6.02. The van der Waals surface area contributed by atoms with Crippen molar-refractivity contribution in [2.75, 3.05) is 23.3 Å². The summed E-state index contributed by atoms with van der Waals surface area (Å²) in [6, 6.07) is 27.1. The molecule has 39 heavy (non-hydrogen) atoms. The summed E-state index contributed by atoms with van der Waals surface area (Å²) in [5, 5.41) is 5.43. The van der Waals surface area contributed by atoms with Crippen LogP contribution < -0.4 is 20.3 Å². The Morgan fingerprint density at radius 3 is 2.15 bits per heavy atom. The third kappa shape index (κ3) is 7.61. The molecule has 2 N–H and O–H groups in total. The lowest BCUT2D eigenvalue weighted by Gasteiger charge is -2.24. The minimum atomic E-state index is -4.56. The molecule has 0 unspecified atom stereocenters. The number of urea groups is 1. The summed E-state index contributed by atoms with van der Waals surface area (Å²) in [5.74, 6) is 0.560. The maximum Gasteiger partial charge on any atom is 0.416 e. The van der Waals surface area contributed by atoms with Gasteiger partial charge in [-0.25, -0.2) is 4.79 Å². The van der Waals surface area contributed by atoms with Gasteiger partial charge in [0.25, 0.3) is 5.91 Å². The lowest BCUT2D eigenvalue weighted by molar-refractivity contribution is -0.137. The zero-order valence-electron chi connectivity index (χ0n) is 21.0. The Labute approximate surface area is 224 Å². The Morgan fingerprint density at radius 2 is 1.49 bits per heavy atom. The van der Waals surface area contributed by atoms with Crippen molar-refractivity contribution in [3.8, 4) is 11.5 Å². The lowest BCUT2D eigenvalue weighted by Crippen LogP contribution is -2.41. The molecule has 0 aromatic heterocycles. The summed E-state index contributed by atoms with van der Waals surface area (Å²) in [4.78, 5) is 27.2. The minimum absolute atomic E-state index is 0.00133. The third-order valence-electron chi connectivity index (χ3n) is 5.75. The quantitative estimate of drug-likeness (QED) is 0.250. The topological polar surface area (TPSA) is 70.7 Å². The van der Waals surface area contributed by atoms with Crippen LogP contribution in [0.4, 0.5) is 29.3 Å². The molecule has 0 bridgehead atoms. The molecule has 0 fully saturated rings. The highest BCUT2D eigenvalue weighted by Gasteiger charge is 2.31. The number of benzene rings is 4. The number of rotatable bonds is 8. The zero-order chi connectivity index (χ0) is 27.8. The van der Waals surface area contributed by atoms with Crippen molar-refractivity contribution in [3.63, 3.8) is 0 Å². The van der Waals surface area contributed by atoms with E-state index in [9.17, 15) is 22.8 Å². The molecule has 0 atom stereocenters. The average molecular weight is 534 g/mol. The van der Waals surface area contributed by atoms with Crippen LogP contribution in [-0.2, 0) is 6.18 Å². The van der Waals surface area contributed by atoms with Gasteiger partial charge in [-0.05, 0) is 73.7 Å². The number of alkyl halides is 3. The van der Waals surface area contributed by atoms with Gasteiger partial charge in [0.1, 0.15) is 11.5 Å². The van der Waals surface area contributed by atoms with Crippen LogP contribution in [-0.4, -0.2) is 25.0 Å². The molecule has 0 radical (unpaired) electrons. The maximum absolute atomic E-state index is 13.2. The van der Waals surface area contributed by atoms with Crippen LogP contribution >= 0.6 is 0 Å². The van der Waals surface area contributed by atoms with E-state index in [2.05, 4.69) is 10.6 Å². The molecular formula is C30H26F3N3O3. The Hall–Kier alpha value is -4.79. The second-order valence-electron chi connectivity index (χ2n) is 8.69. The first-order chi connectivity index (χ1) is 18.7. The van der Waals surface area contributed by atoms with Gasteiger partial charge in [0.15, 0.2) is 0 Å². The highest BCUT2D eigenvalue weighted by atomic mass is 19.4. The predicted octanol–water partition coefficient (Wildman–Crippen LogP) is 7.27. The normalized spacial score (nSPS) is 11.0. The number of hydrogen-bond donors (Lipinski definition) is 2. The molecule has 0 saturated heterocycles. The van der Waals surface area contributed by atoms with E-state index in [0.717, 1.165) is 17.7 Å². The fourth-order valence-corrected chi connectivity index (χ4v) is 3.71. The molecule has 200 valence electrons. The molecule has 3 amide bonds. The second-order valence-corrected chi connectivity index (χ2v) is 8.69. The van der Waals surface area contributed by atoms with Gasteiger partial charge in [0.05, 0.1) is 5.56 Å². The zero-order valence-corrected chi connectivity index (χ0v) is 21.0. The van der Waals surface area contributed by atoms with Crippen molar-refractivity contribution in [3.05, 3.63) is 120 Å². The van der Waals surface area contributed by atoms with Gasteiger partial charge in [-0.2, -0.15) is 13.2 Å². The fraction of sp³-hybridized carbons (Fsp3) is 0.133. The van der Waals surface area contributed by atoms with Gasteiger partial charge in [-0.3, -0.25) is 9.69 Å². The average Bonchev–Trinajstić information content (AvgIpc) is 2.93. The molecule has 0 saturated carbocycles. The third-order valence-corrected chi connectivity index (χ3v) is 5.75. The number of carbonyl (C=O) groups excluding carboxylic acids is 2. The predicted molar refractivity (Wildman–Crippen MR) is 144 cm³/mol. The molecule has 6 nitrogen and oxygen atoms in total. The lowest BCUT2D eigenvalue weighted by atomic mass is 10.1. The van der Waals surface area contributed by atoms with Gasteiger partial charge in [0.2, 0.25) is 0 Å². The Kier molecular flexibility index (Phi) is 8.50. The van der Waals surface area contributed by atoms with Crippen molar-refractivity contribution in [2.45, 2.75) is 13.1 Å². The molecule has 9 heteroatoms. The monoisotopic (exact) mass is 533 g/mol. The van der Waals surface area contributed by atoms with E-state index in [1.54, 1.807) is 36.4 Å². The number of ether oxygens (including phenoxy) is 1. The molecule has 0 aliphatic heterocycles. The number of amides is 3. The van der Waals surface area contributed by atoms with E-state index >= 15 is 0 Å². The minimum Gasteiger partial charge on any atom is -0.457 e. The molecule has 4 aromatic rings. The number of hydrogen-bond acceptors (Lipinski definition) is 3. The fourth-order valence-electron chi connectivity index (χ4n) is 3.71. The summed E-state index contributed by atoms with van der Waals surface area (Å²) < 4.78 is 44.9. The largest absolute Gasteiger partial charge is 0.457 e. The number of anilines is 2. The van der Waals surface area contributed by atoms with Crippen LogP contribution in [0.2, 0.25) is 0 Å². The maximum atomic E-state index is 13.2. The van der Waals surface area contributed by atoms with E-state index in [4.69, 9.17) is 4.74 Å². The van der Waals surface area contributed by atoms with Gasteiger partial charge >= 0.3 is 12.2 Å². The van der Waals surface area contributed by atoms with Crippen molar-refractivity contribution in [2.24, 2.45) is 0 Å². The molecule has 0 aliphatic rings. The number of carbonyl (C=O) groups is 2. The smallest absolute Gasteiger partial charge is 0.416 e. The Morgan fingerprint density at radius 1 is 0.821 bits per heavy atom.